The number of carbonyl (C=O) groups excluding carboxylic acids is 2. The second-order valence-electron chi connectivity index (χ2n) is 10.8. The van der Waals surface area contributed by atoms with Gasteiger partial charge in [0.2, 0.25) is 11.6 Å². The normalized spacial score (nSPS) is 34.1. The number of nitrogens with one attached hydrogen (secondary N) is 1. The number of Topliss-reactive ketones (excluding diaryl/α,β-unsaturated/α-hetero) is 1. The molecule has 5 atom stereocenters. The summed E-state index contributed by atoms with van der Waals surface area (Å²) in [5.41, 5.74) is 1.30. The van der Waals surface area contributed by atoms with E-state index in [1.165, 1.54) is 5.57 Å². The Bertz CT molecular complexity index is 927. The Balaban J connectivity index is 2.00. The molecule has 6 nitrogen and oxygen atoms in total. The van der Waals surface area contributed by atoms with E-state index in [0.29, 0.717) is 18.3 Å². The molecule has 6 heteroatoms. The molecular weight excluding hydrogens is 406 g/mol. The summed E-state index contributed by atoms with van der Waals surface area (Å²) in [5.74, 6) is -2.39. The summed E-state index contributed by atoms with van der Waals surface area (Å²) >= 11 is 0. The Morgan fingerprint density at radius 3 is 2.50 bits per heavy atom. The number of hydrogen-bond acceptors (Lipinski definition) is 5. The summed E-state index contributed by atoms with van der Waals surface area (Å²) in [6.45, 7) is 12.4. The van der Waals surface area contributed by atoms with Gasteiger partial charge in [-0.3, -0.25) is 9.59 Å². The lowest BCUT2D eigenvalue weighted by molar-refractivity contribution is -0.140. The SMILES string of the molecule is CC1=CCCC2C1(C)CCC(C)C2(C)CC1=C(O)C(NC(C(=O)O)C(C)C)=CC(=O)C1=O. The number of fused-ring (bicyclic) bond motifs is 1. The highest BCUT2D eigenvalue weighted by atomic mass is 16.4. The minimum atomic E-state index is -1.08. The largest absolute Gasteiger partial charge is 0.505 e. The maximum absolute atomic E-state index is 12.9. The minimum Gasteiger partial charge on any atom is -0.505 e. The van der Waals surface area contributed by atoms with E-state index in [4.69, 9.17) is 0 Å². The summed E-state index contributed by atoms with van der Waals surface area (Å²) < 4.78 is 0. The first-order valence-corrected chi connectivity index (χ1v) is 11.7. The monoisotopic (exact) mass is 443 g/mol. The topological polar surface area (TPSA) is 104 Å². The van der Waals surface area contributed by atoms with Crippen molar-refractivity contribution >= 4 is 17.5 Å². The molecule has 176 valence electrons. The number of allylic oxidation sites excluding steroid dienone is 4. The molecule has 0 aromatic heterocycles. The first-order chi connectivity index (χ1) is 14.8. The average molecular weight is 444 g/mol. The Hall–Kier alpha value is -2.37. The Morgan fingerprint density at radius 2 is 1.91 bits per heavy atom. The van der Waals surface area contributed by atoms with Crippen LogP contribution in [0, 0.1) is 28.6 Å². The number of carboxylic acids is 1. The highest BCUT2D eigenvalue weighted by Gasteiger charge is 2.54. The van der Waals surface area contributed by atoms with Crippen LogP contribution in [0.1, 0.15) is 73.6 Å². The molecule has 0 aromatic carbocycles. The molecule has 3 aliphatic rings. The summed E-state index contributed by atoms with van der Waals surface area (Å²) in [6, 6.07) is -0.982. The van der Waals surface area contributed by atoms with Crippen molar-refractivity contribution in [2.75, 3.05) is 0 Å². The number of aliphatic carboxylic acids is 1. The number of aliphatic hydroxyl groups excluding tert-OH is 1. The molecule has 3 aliphatic carbocycles. The van der Waals surface area contributed by atoms with Gasteiger partial charge in [0.05, 0.1) is 5.70 Å². The van der Waals surface area contributed by atoms with E-state index < -0.39 is 23.6 Å². The van der Waals surface area contributed by atoms with E-state index in [2.05, 4.69) is 39.1 Å². The molecular formula is C26H37NO5. The van der Waals surface area contributed by atoms with Crippen LogP contribution in [0.2, 0.25) is 0 Å². The predicted molar refractivity (Wildman–Crippen MR) is 123 cm³/mol. The van der Waals surface area contributed by atoms with Gasteiger partial charge in [-0.1, -0.05) is 46.3 Å². The van der Waals surface area contributed by atoms with Crippen LogP contribution < -0.4 is 5.32 Å². The smallest absolute Gasteiger partial charge is 0.326 e. The number of aliphatic hydroxyl groups is 1. The van der Waals surface area contributed by atoms with Gasteiger partial charge in [0.15, 0.2) is 0 Å². The number of rotatable bonds is 6. The van der Waals surface area contributed by atoms with Crippen molar-refractivity contribution in [3.63, 3.8) is 0 Å². The van der Waals surface area contributed by atoms with Gasteiger partial charge < -0.3 is 15.5 Å². The standard InChI is InChI=1S/C26H37NO5/c1-14(2)21(24(31)32)27-18-12-19(28)23(30)17(22(18)29)13-26(6)16(4)10-11-25(5)15(3)8-7-9-20(25)26/h8,12,14,16,20-21,27,29H,7,9-11,13H2,1-6H3,(H,31,32). The molecule has 0 saturated heterocycles. The third-order valence-corrected chi connectivity index (χ3v) is 8.71. The Morgan fingerprint density at radius 1 is 1.25 bits per heavy atom. The van der Waals surface area contributed by atoms with Crippen molar-refractivity contribution in [1.29, 1.82) is 0 Å². The number of hydrogen-bond donors (Lipinski definition) is 3. The minimum absolute atomic E-state index is 0.0280. The van der Waals surface area contributed by atoms with Gasteiger partial charge in [-0.25, -0.2) is 4.79 Å². The van der Waals surface area contributed by atoms with Crippen LogP contribution in [-0.4, -0.2) is 33.8 Å². The third-order valence-electron chi connectivity index (χ3n) is 8.71. The maximum atomic E-state index is 12.9. The molecule has 5 unspecified atom stereocenters. The third kappa shape index (κ3) is 3.93. The molecule has 0 radical (unpaired) electrons. The average Bonchev–Trinajstić information content (AvgIpc) is 2.71. The zero-order valence-corrected chi connectivity index (χ0v) is 20.1. The summed E-state index contributed by atoms with van der Waals surface area (Å²) in [6.07, 6.45) is 7.77. The molecule has 0 heterocycles. The van der Waals surface area contributed by atoms with Gasteiger partial charge in [-0.2, -0.15) is 0 Å². The van der Waals surface area contributed by atoms with Crippen LogP contribution in [0.5, 0.6) is 0 Å². The second-order valence-corrected chi connectivity index (χ2v) is 10.8. The van der Waals surface area contributed by atoms with E-state index >= 15 is 0 Å². The number of carbonyl (C=O) groups is 3. The van der Waals surface area contributed by atoms with Crippen molar-refractivity contribution in [3.8, 4) is 0 Å². The zero-order chi connectivity index (χ0) is 24.0. The van der Waals surface area contributed by atoms with Crippen LogP contribution in [0.3, 0.4) is 0 Å². The summed E-state index contributed by atoms with van der Waals surface area (Å²) in [7, 11) is 0. The van der Waals surface area contributed by atoms with E-state index in [1.54, 1.807) is 13.8 Å². The Labute approximate surface area is 190 Å². The van der Waals surface area contributed by atoms with E-state index in [0.717, 1.165) is 31.8 Å². The molecule has 0 bridgehead atoms. The van der Waals surface area contributed by atoms with Crippen molar-refractivity contribution < 1.29 is 24.6 Å². The van der Waals surface area contributed by atoms with Crippen LogP contribution in [-0.2, 0) is 14.4 Å². The fourth-order valence-electron chi connectivity index (χ4n) is 6.23. The van der Waals surface area contributed by atoms with Crippen molar-refractivity contribution in [1.82, 2.24) is 5.32 Å². The number of ketones is 2. The van der Waals surface area contributed by atoms with Crippen LogP contribution >= 0.6 is 0 Å². The molecule has 3 N–H and O–H groups in total. The van der Waals surface area contributed by atoms with Crippen LogP contribution in [0.25, 0.3) is 0 Å². The molecule has 1 fully saturated rings. The molecule has 0 spiro atoms. The predicted octanol–water partition coefficient (Wildman–Crippen LogP) is 4.72. The zero-order valence-electron chi connectivity index (χ0n) is 20.1. The van der Waals surface area contributed by atoms with Crippen LogP contribution in [0.4, 0.5) is 0 Å². The van der Waals surface area contributed by atoms with Gasteiger partial charge >= 0.3 is 5.97 Å². The van der Waals surface area contributed by atoms with E-state index in [9.17, 15) is 24.6 Å². The summed E-state index contributed by atoms with van der Waals surface area (Å²) in [4.78, 5) is 37.1. The van der Waals surface area contributed by atoms with Crippen molar-refractivity contribution in [3.05, 3.63) is 34.8 Å². The van der Waals surface area contributed by atoms with E-state index in [1.807, 2.05) is 0 Å². The fourth-order valence-corrected chi connectivity index (χ4v) is 6.23. The molecule has 3 rings (SSSR count). The first-order valence-electron chi connectivity index (χ1n) is 11.7. The Kier molecular flexibility index (Phi) is 6.47. The molecule has 0 aromatic rings. The molecule has 1 saturated carbocycles. The van der Waals surface area contributed by atoms with E-state index in [-0.39, 0.29) is 33.8 Å². The lowest BCUT2D eigenvalue weighted by Gasteiger charge is -2.58. The second kappa shape index (κ2) is 8.53. The highest BCUT2D eigenvalue weighted by Crippen LogP contribution is 2.62. The molecule has 0 amide bonds. The molecule has 0 aliphatic heterocycles. The van der Waals surface area contributed by atoms with Gasteiger partial charge in [-0.15, -0.1) is 0 Å². The quantitative estimate of drug-likeness (QED) is 0.312. The molecule has 32 heavy (non-hydrogen) atoms. The fraction of sp³-hybridized carbons (Fsp3) is 0.654. The first kappa shape index (κ1) is 24.3. The summed E-state index contributed by atoms with van der Waals surface area (Å²) in [5, 5.41) is 23.4. The van der Waals surface area contributed by atoms with Gasteiger partial charge in [0.25, 0.3) is 0 Å². The number of carboxylic acid groups (broad SMARTS) is 1. The maximum Gasteiger partial charge on any atom is 0.326 e. The van der Waals surface area contributed by atoms with Crippen molar-refractivity contribution in [2.45, 2.75) is 79.7 Å². The van der Waals surface area contributed by atoms with Gasteiger partial charge in [-0.05, 0) is 67.6 Å². The highest BCUT2D eigenvalue weighted by molar-refractivity contribution is 6.48. The van der Waals surface area contributed by atoms with Gasteiger partial charge in [0.1, 0.15) is 11.8 Å². The lowest BCUT2D eigenvalue weighted by atomic mass is 9.46. The van der Waals surface area contributed by atoms with Crippen molar-refractivity contribution in [2.24, 2.45) is 28.6 Å². The van der Waals surface area contributed by atoms with Gasteiger partial charge in [0, 0.05) is 11.6 Å². The lowest BCUT2D eigenvalue weighted by Crippen LogP contribution is -2.50. The van der Waals surface area contributed by atoms with Crippen LogP contribution in [0.15, 0.2) is 34.8 Å².